The van der Waals surface area contributed by atoms with Crippen molar-refractivity contribution in [3.05, 3.63) is 90.0 Å². The number of rotatable bonds is 15. The topological polar surface area (TPSA) is 96.0 Å². The minimum atomic E-state index is -4.17. The maximum absolute atomic E-state index is 14.2. The lowest BCUT2D eigenvalue weighted by molar-refractivity contribution is -0.140. The van der Waals surface area contributed by atoms with Crippen molar-refractivity contribution in [3.8, 4) is 5.75 Å². The smallest absolute Gasteiger partial charge is 0.264 e. The number of sulfonamides is 1. The largest absolute Gasteiger partial charge is 0.492 e. The summed E-state index contributed by atoms with van der Waals surface area (Å²) < 4.78 is 34.9. The van der Waals surface area contributed by atoms with E-state index in [1.54, 1.807) is 42.5 Å². The maximum atomic E-state index is 14.2. The van der Waals surface area contributed by atoms with Crippen LogP contribution in [0, 0.1) is 6.92 Å². The van der Waals surface area contributed by atoms with Crippen LogP contribution >= 0.6 is 0 Å². The first-order valence-electron chi connectivity index (χ1n) is 14.2. The summed E-state index contributed by atoms with van der Waals surface area (Å²) in [6.07, 6.45) is 2.12. The monoisotopic (exact) mass is 579 g/mol. The van der Waals surface area contributed by atoms with Gasteiger partial charge in [0.05, 0.1) is 17.2 Å². The van der Waals surface area contributed by atoms with Crippen molar-refractivity contribution in [1.29, 1.82) is 0 Å². The number of hydrogen-bond donors (Lipinski definition) is 1. The molecule has 0 bridgehead atoms. The number of aryl methyl sites for hydroxylation is 1. The van der Waals surface area contributed by atoms with Crippen LogP contribution in [0.3, 0.4) is 0 Å². The number of nitrogens with one attached hydrogen (secondary N) is 1. The zero-order valence-electron chi connectivity index (χ0n) is 24.4. The van der Waals surface area contributed by atoms with Crippen LogP contribution in [0.25, 0.3) is 0 Å². The molecule has 0 aromatic heterocycles. The van der Waals surface area contributed by atoms with Gasteiger partial charge in [-0.25, -0.2) is 8.42 Å². The van der Waals surface area contributed by atoms with Crippen LogP contribution in [0.15, 0.2) is 83.8 Å². The van der Waals surface area contributed by atoms with E-state index in [0.29, 0.717) is 25.3 Å². The average Bonchev–Trinajstić information content (AvgIpc) is 2.97. The quantitative estimate of drug-likeness (QED) is 0.246. The summed E-state index contributed by atoms with van der Waals surface area (Å²) in [6.45, 7) is 8.14. The van der Waals surface area contributed by atoms with Gasteiger partial charge in [-0.2, -0.15) is 0 Å². The van der Waals surface area contributed by atoms with Gasteiger partial charge in [0, 0.05) is 13.1 Å². The van der Waals surface area contributed by atoms with E-state index in [0.717, 1.165) is 28.3 Å². The van der Waals surface area contributed by atoms with Crippen molar-refractivity contribution >= 4 is 27.5 Å². The molecular formula is C32H41N3O5S. The summed E-state index contributed by atoms with van der Waals surface area (Å²) in [7, 11) is -4.17. The van der Waals surface area contributed by atoms with Crippen molar-refractivity contribution in [2.45, 2.75) is 64.4 Å². The van der Waals surface area contributed by atoms with Gasteiger partial charge in [-0.05, 0) is 62.1 Å². The van der Waals surface area contributed by atoms with Crippen molar-refractivity contribution in [2.24, 2.45) is 0 Å². The number of hydrogen-bond acceptors (Lipinski definition) is 5. The summed E-state index contributed by atoms with van der Waals surface area (Å²) in [4.78, 5) is 29.1. The first-order chi connectivity index (χ1) is 19.7. The molecule has 220 valence electrons. The Morgan fingerprint density at radius 1 is 0.902 bits per heavy atom. The highest BCUT2D eigenvalue weighted by Crippen LogP contribution is 2.33. The molecule has 0 aliphatic heterocycles. The fourth-order valence-corrected chi connectivity index (χ4v) is 6.02. The van der Waals surface area contributed by atoms with Gasteiger partial charge in [0.15, 0.2) is 0 Å². The number of carbonyl (C=O) groups is 2. The molecule has 8 nitrogen and oxygen atoms in total. The van der Waals surface area contributed by atoms with E-state index >= 15 is 0 Å². The Morgan fingerprint density at radius 3 is 2.22 bits per heavy atom. The van der Waals surface area contributed by atoms with E-state index in [2.05, 4.69) is 5.32 Å². The third-order valence-electron chi connectivity index (χ3n) is 6.86. The Bertz CT molecular complexity index is 1400. The standard InChI is InChI=1S/C32H41N3O5S/c1-5-8-22-33-32(37)28(6-2)34(23-26-17-13-12-16-25(26)4)31(36)24-35(29-20-14-15-21-30(29)40-7-3)41(38,39)27-18-10-9-11-19-27/h9-21,28H,5-8,22-24H2,1-4H3,(H,33,37)/t28-/m0/s1. The Kier molecular flexibility index (Phi) is 11.8. The molecule has 0 heterocycles. The highest BCUT2D eigenvalue weighted by atomic mass is 32.2. The summed E-state index contributed by atoms with van der Waals surface area (Å²) in [5.41, 5.74) is 2.11. The molecule has 0 spiro atoms. The number of nitrogens with zero attached hydrogens (tertiary/aromatic N) is 2. The molecule has 0 aliphatic carbocycles. The molecule has 9 heteroatoms. The first kappa shape index (κ1) is 31.7. The number of ether oxygens (including phenoxy) is 1. The van der Waals surface area contributed by atoms with Gasteiger partial charge < -0.3 is 15.0 Å². The maximum Gasteiger partial charge on any atom is 0.264 e. The lowest BCUT2D eigenvalue weighted by Gasteiger charge is -2.34. The summed E-state index contributed by atoms with van der Waals surface area (Å²) in [6, 6.07) is 21.7. The van der Waals surface area contributed by atoms with Gasteiger partial charge in [-0.3, -0.25) is 13.9 Å². The lowest BCUT2D eigenvalue weighted by atomic mass is 10.1. The fourth-order valence-electron chi connectivity index (χ4n) is 4.57. The van der Waals surface area contributed by atoms with Crippen LogP contribution in [-0.2, 0) is 26.2 Å². The van der Waals surface area contributed by atoms with Crippen LogP contribution in [0.4, 0.5) is 5.69 Å². The average molecular weight is 580 g/mol. The molecule has 3 aromatic rings. The predicted molar refractivity (Wildman–Crippen MR) is 162 cm³/mol. The van der Waals surface area contributed by atoms with Crippen LogP contribution in [0.1, 0.15) is 51.2 Å². The minimum Gasteiger partial charge on any atom is -0.492 e. The van der Waals surface area contributed by atoms with Gasteiger partial charge >= 0.3 is 0 Å². The molecule has 41 heavy (non-hydrogen) atoms. The normalized spacial score (nSPS) is 11.9. The first-order valence-corrected chi connectivity index (χ1v) is 15.6. The molecular weight excluding hydrogens is 538 g/mol. The molecule has 3 aromatic carbocycles. The molecule has 3 rings (SSSR count). The second kappa shape index (κ2) is 15.2. The van der Waals surface area contributed by atoms with Crippen molar-refractivity contribution in [1.82, 2.24) is 10.2 Å². The Morgan fingerprint density at radius 2 is 1.56 bits per heavy atom. The van der Waals surface area contributed by atoms with Gasteiger partial charge in [0.1, 0.15) is 18.3 Å². The van der Waals surface area contributed by atoms with Gasteiger partial charge in [-0.1, -0.05) is 74.9 Å². The lowest BCUT2D eigenvalue weighted by Crippen LogP contribution is -2.52. The Balaban J connectivity index is 2.08. The van der Waals surface area contributed by atoms with Crippen LogP contribution in [0.5, 0.6) is 5.75 Å². The van der Waals surface area contributed by atoms with Gasteiger partial charge in [-0.15, -0.1) is 0 Å². The molecule has 0 aliphatic rings. The third-order valence-corrected chi connectivity index (χ3v) is 8.64. The predicted octanol–water partition coefficient (Wildman–Crippen LogP) is 5.31. The molecule has 0 fully saturated rings. The highest BCUT2D eigenvalue weighted by Gasteiger charge is 2.34. The van der Waals surface area contributed by atoms with E-state index < -0.39 is 28.5 Å². The summed E-state index contributed by atoms with van der Waals surface area (Å²) in [5.74, 6) is -0.399. The Hall–Kier alpha value is -3.85. The number of carbonyl (C=O) groups excluding carboxylic acids is 2. The Labute approximate surface area is 244 Å². The zero-order chi connectivity index (χ0) is 29.8. The molecule has 1 atom stereocenters. The van der Waals surface area contributed by atoms with Crippen LogP contribution in [-0.4, -0.2) is 50.9 Å². The molecule has 1 N–H and O–H groups in total. The molecule has 2 amide bonds. The number of anilines is 1. The molecule has 0 saturated heterocycles. The third kappa shape index (κ3) is 8.10. The molecule has 0 unspecified atom stereocenters. The second-order valence-electron chi connectivity index (χ2n) is 9.74. The molecule has 0 radical (unpaired) electrons. The van der Waals surface area contributed by atoms with E-state index in [4.69, 9.17) is 4.74 Å². The fraction of sp³-hybridized carbons (Fsp3) is 0.375. The number of amides is 2. The van der Waals surface area contributed by atoms with Crippen LogP contribution in [0.2, 0.25) is 0 Å². The summed E-state index contributed by atoms with van der Waals surface area (Å²) in [5, 5.41) is 2.95. The number of para-hydroxylation sites is 2. The van der Waals surface area contributed by atoms with E-state index in [1.165, 1.54) is 17.0 Å². The van der Waals surface area contributed by atoms with Crippen LogP contribution < -0.4 is 14.4 Å². The van der Waals surface area contributed by atoms with Crippen molar-refractivity contribution in [3.63, 3.8) is 0 Å². The van der Waals surface area contributed by atoms with E-state index in [-0.39, 0.29) is 23.0 Å². The number of unbranched alkanes of at least 4 members (excludes halogenated alkanes) is 1. The summed E-state index contributed by atoms with van der Waals surface area (Å²) >= 11 is 0. The van der Waals surface area contributed by atoms with E-state index in [9.17, 15) is 18.0 Å². The second-order valence-corrected chi connectivity index (χ2v) is 11.6. The van der Waals surface area contributed by atoms with Crippen molar-refractivity contribution < 1.29 is 22.7 Å². The molecule has 0 saturated carbocycles. The van der Waals surface area contributed by atoms with Gasteiger partial charge in [0.25, 0.3) is 10.0 Å². The number of benzene rings is 3. The zero-order valence-corrected chi connectivity index (χ0v) is 25.2. The van der Waals surface area contributed by atoms with E-state index in [1.807, 2.05) is 52.0 Å². The minimum absolute atomic E-state index is 0.0499. The van der Waals surface area contributed by atoms with Crippen molar-refractivity contribution in [2.75, 3.05) is 24.0 Å². The van der Waals surface area contributed by atoms with Gasteiger partial charge in [0.2, 0.25) is 11.8 Å². The SMILES string of the molecule is CCCCNC(=O)[C@H](CC)N(Cc1ccccc1C)C(=O)CN(c1ccccc1OCC)S(=O)(=O)c1ccccc1. The highest BCUT2D eigenvalue weighted by molar-refractivity contribution is 7.92.